The first-order valence-corrected chi connectivity index (χ1v) is 6.62. The summed E-state index contributed by atoms with van der Waals surface area (Å²) in [6.07, 6.45) is 3.47. The van der Waals surface area contributed by atoms with Gasteiger partial charge in [0.15, 0.2) is 11.5 Å². The Balaban J connectivity index is 2.15. The molecule has 0 bridgehead atoms. The summed E-state index contributed by atoms with van der Waals surface area (Å²) in [7, 11) is 0. The number of pyridine rings is 1. The van der Waals surface area contributed by atoms with E-state index in [1.807, 2.05) is 24.3 Å². The Kier molecular flexibility index (Phi) is 2.93. The zero-order valence-corrected chi connectivity index (χ0v) is 10.6. The van der Waals surface area contributed by atoms with Gasteiger partial charge in [0.05, 0.1) is 0 Å². The summed E-state index contributed by atoms with van der Waals surface area (Å²) in [6.45, 7) is 2.10. The lowest BCUT2D eigenvalue weighted by Crippen LogP contribution is -1.96. The first-order valence-electron chi connectivity index (χ1n) is 5.64. The fourth-order valence-electron chi connectivity index (χ4n) is 1.68. The molecule has 0 fully saturated rings. The van der Waals surface area contributed by atoms with Crippen molar-refractivity contribution in [3.05, 3.63) is 36.7 Å². The third kappa shape index (κ3) is 1.95. The van der Waals surface area contributed by atoms with E-state index in [-0.39, 0.29) is 0 Å². The molecule has 0 aromatic carbocycles. The normalized spacial score (nSPS) is 10.9. The topological polar surface area (TPSA) is 56.0 Å². The quantitative estimate of drug-likeness (QED) is 0.674. The minimum atomic E-state index is 0.742. The van der Waals surface area contributed by atoms with E-state index in [1.54, 1.807) is 28.7 Å². The van der Waals surface area contributed by atoms with Gasteiger partial charge in [0.25, 0.3) is 0 Å². The number of aromatic nitrogens is 5. The van der Waals surface area contributed by atoms with E-state index in [1.165, 1.54) is 0 Å². The highest BCUT2D eigenvalue weighted by Gasteiger charge is 2.09. The van der Waals surface area contributed by atoms with Crippen LogP contribution in [0.4, 0.5) is 0 Å². The fraction of sp³-hybridized carbons (Fsp3) is 0.167. The number of rotatable bonds is 3. The van der Waals surface area contributed by atoms with Crippen molar-refractivity contribution in [2.24, 2.45) is 0 Å². The monoisotopic (exact) mass is 257 g/mol. The largest absolute Gasteiger partial charge is 0.265 e. The Morgan fingerprint density at radius 1 is 1.11 bits per heavy atom. The molecule has 3 rings (SSSR count). The van der Waals surface area contributed by atoms with Crippen molar-refractivity contribution in [2.45, 2.75) is 11.9 Å². The molecule has 0 atom stereocenters. The van der Waals surface area contributed by atoms with Crippen LogP contribution in [0.15, 0.2) is 41.7 Å². The van der Waals surface area contributed by atoms with Crippen LogP contribution in [0.1, 0.15) is 6.92 Å². The molecule has 0 amide bonds. The molecule has 6 heteroatoms. The van der Waals surface area contributed by atoms with Gasteiger partial charge >= 0.3 is 0 Å². The summed E-state index contributed by atoms with van der Waals surface area (Å²) in [5.41, 5.74) is 1.71. The van der Waals surface area contributed by atoms with Gasteiger partial charge in [0, 0.05) is 18.0 Å². The second kappa shape index (κ2) is 4.73. The lowest BCUT2D eigenvalue weighted by Gasteiger charge is -2.01. The highest BCUT2D eigenvalue weighted by molar-refractivity contribution is 7.99. The van der Waals surface area contributed by atoms with Gasteiger partial charge in [-0.15, -0.1) is 22.0 Å². The van der Waals surface area contributed by atoms with Crippen LogP contribution in [0.25, 0.3) is 17.0 Å². The number of fused-ring (bicyclic) bond motifs is 1. The summed E-state index contributed by atoms with van der Waals surface area (Å²) in [5.74, 6) is 1.73. The molecule has 0 aliphatic heterocycles. The van der Waals surface area contributed by atoms with E-state index in [4.69, 9.17) is 0 Å². The van der Waals surface area contributed by atoms with Gasteiger partial charge in [-0.05, 0) is 30.0 Å². The van der Waals surface area contributed by atoms with Crippen LogP contribution >= 0.6 is 11.8 Å². The molecule has 0 saturated carbocycles. The average Bonchev–Trinajstić information content (AvgIpc) is 2.83. The molecule has 0 unspecified atom stereocenters. The van der Waals surface area contributed by atoms with Gasteiger partial charge < -0.3 is 0 Å². The maximum absolute atomic E-state index is 4.54. The minimum absolute atomic E-state index is 0.742. The van der Waals surface area contributed by atoms with Crippen molar-refractivity contribution in [1.82, 2.24) is 24.8 Å². The predicted octanol–water partition coefficient (Wildman–Crippen LogP) is 2.30. The number of nitrogens with zero attached hydrogens (tertiary/aromatic N) is 5. The molecule has 0 spiro atoms. The molecule has 3 aromatic rings. The summed E-state index contributed by atoms with van der Waals surface area (Å²) >= 11 is 1.70. The maximum atomic E-state index is 4.54. The van der Waals surface area contributed by atoms with Crippen LogP contribution in [-0.4, -0.2) is 30.5 Å². The van der Waals surface area contributed by atoms with Gasteiger partial charge in [0.2, 0.25) is 0 Å². The highest BCUT2D eigenvalue weighted by atomic mass is 32.2. The van der Waals surface area contributed by atoms with E-state index in [9.17, 15) is 0 Å². The molecule has 0 aliphatic rings. The number of hydrogen-bond acceptors (Lipinski definition) is 5. The van der Waals surface area contributed by atoms with Crippen molar-refractivity contribution < 1.29 is 0 Å². The zero-order chi connectivity index (χ0) is 12.4. The van der Waals surface area contributed by atoms with Gasteiger partial charge in [-0.25, -0.2) is 0 Å². The van der Waals surface area contributed by atoms with Crippen molar-refractivity contribution in [2.75, 3.05) is 5.75 Å². The van der Waals surface area contributed by atoms with Crippen LogP contribution in [0.3, 0.4) is 0 Å². The summed E-state index contributed by atoms with van der Waals surface area (Å²) < 4.78 is 1.77. The second-order valence-electron chi connectivity index (χ2n) is 3.63. The van der Waals surface area contributed by atoms with Crippen LogP contribution in [-0.2, 0) is 0 Å². The Bertz CT molecular complexity index is 665. The maximum Gasteiger partial charge on any atom is 0.185 e. The molecule has 0 aliphatic carbocycles. The summed E-state index contributed by atoms with van der Waals surface area (Å²) in [5, 5.41) is 13.8. The number of thioether (sulfide) groups is 1. The van der Waals surface area contributed by atoms with E-state index in [0.717, 1.165) is 27.8 Å². The molecule has 90 valence electrons. The van der Waals surface area contributed by atoms with Crippen LogP contribution in [0, 0.1) is 0 Å². The Morgan fingerprint density at radius 3 is 2.72 bits per heavy atom. The smallest absolute Gasteiger partial charge is 0.185 e. The van der Waals surface area contributed by atoms with E-state index >= 15 is 0 Å². The van der Waals surface area contributed by atoms with Crippen LogP contribution in [0.5, 0.6) is 0 Å². The minimum Gasteiger partial charge on any atom is -0.265 e. The lowest BCUT2D eigenvalue weighted by atomic mass is 10.2. The molecule has 0 radical (unpaired) electrons. The van der Waals surface area contributed by atoms with Crippen LogP contribution < -0.4 is 0 Å². The lowest BCUT2D eigenvalue weighted by molar-refractivity contribution is 0.860. The summed E-state index contributed by atoms with van der Waals surface area (Å²) in [4.78, 5) is 4.00. The molecule has 0 N–H and O–H groups in total. The molecular formula is C12H11N5S. The number of hydrogen-bond donors (Lipinski definition) is 0. The van der Waals surface area contributed by atoms with E-state index in [0.29, 0.717) is 0 Å². The molecule has 0 saturated heterocycles. The third-order valence-corrected chi connectivity index (χ3v) is 3.27. The van der Waals surface area contributed by atoms with Gasteiger partial charge in [-0.3, -0.25) is 4.98 Å². The van der Waals surface area contributed by atoms with Crippen LogP contribution in [0.2, 0.25) is 0 Å². The first-order chi connectivity index (χ1) is 8.88. The van der Waals surface area contributed by atoms with Crippen molar-refractivity contribution >= 4 is 17.4 Å². The molecular weight excluding hydrogens is 246 g/mol. The standard InChI is InChI=1S/C12H11N5S/c1-2-18-11-4-3-10-14-15-12(17(10)16-11)9-5-7-13-8-6-9/h3-8H,2H2,1H3. The van der Waals surface area contributed by atoms with Crippen molar-refractivity contribution in [1.29, 1.82) is 0 Å². The average molecular weight is 257 g/mol. The van der Waals surface area contributed by atoms with Crippen molar-refractivity contribution in [3.8, 4) is 11.4 Å². The molecule has 3 heterocycles. The zero-order valence-electron chi connectivity index (χ0n) is 9.82. The molecule has 3 aromatic heterocycles. The van der Waals surface area contributed by atoms with Crippen molar-refractivity contribution in [3.63, 3.8) is 0 Å². The Labute approximate surface area is 108 Å². The van der Waals surface area contributed by atoms with Gasteiger partial charge in [0.1, 0.15) is 5.03 Å². The summed E-state index contributed by atoms with van der Waals surface area (Å²) in [6, 6.07) is 7.70. The Hall–Kier alpha value is -1.95. The fourth-order valence-corrected chi connectivity index (χ4v) is 2.28. The highest BCUT2D eigenvalue weighted by Crippen LogP contribution is 2.19. The van der Waals surface area contributed by atoms with Gasteiger partial charge in [-0.2, -0.15) is 9.61 Å². The Morgan fingerprint density at radius 2 is 1.94 bits per heavy atom. The molecule has 18 heavy (non-hydrogen) atoms. The second-order valence-corrected chi connectivity index (χ2v) is 4.92. The van der Waals surface area contributed by atoms with Gasteiger partial charge in [-0.1, -0.05) is 6.92 Å². The SMILES string of the molecule is CCSc1ccc2nnc(-c3ccncc3)n2n1. The third-order valence-electron chi connectivity index (χ3n) is 2.47. The first kappa shape index (κ1) is 11.2. The van der Waals surface area contributed by atoms with E-state index < -0.39 is 0 Å². The molecule has 5 nitrogen and oxygen atoms in total. The van der Waals surface area contributed by atoms with E-state index in [2.05, 4.69) is 27.2 Å². The predicted molar refractivity (Wildman–Crippen MR) is 70.4 cm³/mol.